The average Bonchev–Trinajstić information content (AvgIpc) is 3.47. The number of primary amides is 1. The molecule has 0 bridgehead atoms. The van der Waals surface area contributed by atoms with Gasteiger partial charge in [0.25, 0.3) is 0 Å². The summed E-state index contributed by atoms with van der Waals surface area (Å²) in [6.45, 7) is 6.86. The number of phosphoric ester groups is 1. The highest BCUT2D eigenvalue weighted by molar-refractivity contribution is 7.46. The van der Waals surface area contributed by atoms with E-state index >= 15 is 0 Å². The highest BCUT2D eigenvalue weighted by Crippen LogP contribution is 2.37. The van der Waals surface area contributed by atoms with Gasteiger partial charge in [0.05, 0.1) is 6.54 Å². The van der Waals surface area contributed by atoms with Crippen LogP contribution >= 0.6 is 7.82 Å². The number of nitrogens with zero attached hydrogens (tertiary/aromatic N) is 2. The third kappa shape index (κ3) is 10.8. The van der Waals surface area contributed by atoms with Crippen LogP contribution in [0.15, 0.2) is 84.9 Å². The third-order valence-electron chi connectivity index (χ3n) is 8.12. The molecule has 3 aromatic carbocycles. The van der Waals surface area contributed by atoms with Crippen molar-refractivity contribution in [3.05, 3.63) is 102 Å². The predicted octanol–water partition coefficient (Wildman–Crippen LogP) is 3.14. The Labute approximate surface area is 295 Å². The Hall–Kier alpha value is -5.30. The number of hydrogen-bond donors (Lipinski definition) is 5. The quantitative estimate of drug-likeness (QED) is 0.137. The first kappa shape index (κ1) is 38.5. The van der Waals surface area contributed by atoms with Crippen molar-refractivity contribution in [2.45, 2.75) is 58.8 Å². The van der Waals surface area contributed by atoms with Crippen LogP contribution in [0, 0.1) is 5.41 Å². The average molecular weight is 720 g/mol. The number of amides is 5. The monoisotopic (exact) mass is 719 g/mol. The van der Waals surface area contributed by atoms with Crippen LogP contribution in [0.4, 0.5) is 5.69 Å². The maximum Gasteiger partial charge on any atom is 0.524 e. The van der Waals surface area contributed by atoms with Gasteiger partial charge in [-0.3, -0.25) is 33.8 Å². The smallest absolute Gasteiger partial charge is 0.404 e. The highest BCUT2D eigenvalue weighted by Gasteiger charge is 2.46. The van der Waals surface area contributed by atoms with Crippen molar-refractivity contribution < 1.29 is 42.8 Å². The number of benzene rings is 3. The second-order valence-electron chi connectivity index (χ2n) is 13.3. The van der Waals surface area contributed by atoms with Crippen LogP contribution in [0.3, 0.4) is 0 Å². The van der Waals surface area contributed by atoms with Crippen LogP contribution < -0.4 is 25.8 Å². The zero-order chi connectivity index (χ0) is 37.5. The van der Waals surface area contributed by atoms with Gasteiger partial charge in [0, 0.05) is 36.8 Å². The molecule has 270 valence electrons. The number of phosphoric acid groups is 1. The normalized spacial score (nSPS) is 16.7. The van der Waals surface area contributed by atoms with Crippen molar-refractivity contribution >= 4 is 49.1 Å². The van der Waals surface area contributed by atoms with Gasteiger partial charge < -0.3 is 30.7 Å². The van der Waals surface area contributed by atoms with Crippen LogP contribution in [0.5, 0.6) is 5.75 Å². The summed E-state index contributed by atoms with van der Waals surface area (Å²) in [6.07, 6.45) is 2.80. The maximum atomic E-state index is 14.5. The number of nitrogens with two attached hydrogens (primary N) is 1. The summed E-state index contributed by atoms with van der Waals surface area (Å²) in [5.74, 6) is -2.53. The fourth-order valence-electron chi connectivity index (χ4n) is 5.71. The molecule has 1 aliphatic rings. The summed E-state index contributed by atoms with van der Waals surface area (Å²) in [7, 11) is -4.73. The summed E-state index contributed by atoms with van der Waals surface area (Å²) in [4.78, 5) is 86.9. The van der Waals surface area contributed by atoms with E-state index in [1.807, 2.05) is 30.3 Å². The Morgan fingerprint density at radius 1 is 1.00 bits per heavy atom. The molecule has 0 aromatic heterocycles. The number of hydrogen-bond acceptors (Lipinski definition) is 7. The van der Waals surface area contributed by atoms with E-state index in [0.717, 1.165) is 5.56 Å². The van der Waals surface area contributed by atoms with E-state index in [-0.39, 0.29) is 36.7 Å². The molecule has 3 atom stereocenters. The fraction of sp³-hybridized carbons (Fsp3) is 0.306. The van der Waals surface area contributed by atoms with Crippen LogP contribution in [-0.2, 0) is 30.3 Å². The topological polar surface area (TPSA) is 209 Å². The summed E-state index contributed by atoms with van der Waals surface area (Å²) in [5.41, 5.74) is 6.70. The molecule has 0 unspecified atom stereocenters. The number of carbonyl (C=O) groups is 5. The van der Waals surface area contributed by atoms with Crippen LogP contribution in [0.25, 0.3) is 6.08 Å². The summed E-state index contributed by atoms with van der Waals surface area (Å²) >= 11 is 0. The Morgan fingerprint density at radius 2 is 1.63 bits per heavy atom. The maximum absolute atomic E-state index is 14.5. The number of anilines is 1. The molecule has 51 heavy (non-hydrogen) atoms. The van der Waals surface area contributed by atoms with Gasteiger partial charge in [0.2, 0.25) is 29.5 Å². The molecule has 1 heterocycles. The first-order valence-corrected chi connectivity index (χ1v) is 17.6. The Morgan fingerprint density at radius 3 is 2.18 bits per heavy atom. The second kappa shape index (κ2) is 16.2. The second-order valence-corrected chi connectivity index (χ2v) is 14.4. The minimum absolute atomic E-state index is 0.0237. The minimum atomic E-state index is -4.73. The van der Waals surface area contributed by atoms with Gasteiger partial charge in [-0.15, -0.1) is 0 Å². The summed E-state index contributed by atoms with van der Waals surface area (Å²) in [5, 5.41) is 5.61. The van der Waals surface area contributed by atoms with E-state index < -0.39 is 55.0 Å². The van der Waals surface area contributed by atoms with E-state index in [1.165, 1.54) is 65.3 Å². The molecule has 4 rings (SSSR count). The molecule has 0 aliphatic carbocycles. The lowest BCUT2D eigenvalue weighted by atomic mass is 9.85. The Balaban J connectivity index is 1.62. The molecule has 0 saturated carbocycles. The number of nitrogens with one attached hydrogen (secondary N) is 2. The molecule has 5 amide bonds. The van der Waals surface area contributed by atoms with E-state index in [2.05, 4.69) is 15.2 Å². The van der Waals surface area contributed by atoms with Gasteiger partial charge in [-0.05, 0) is 65.4 Å². The molecule has 3 aromatic rings. The molecule has 1 saturated heterocycles. The summed E-state index contributed by atoms with van der Waals surface area (Å²) in [6, 6.07) is 18.5. The predicted molar refractivity (Wildman–Crippen MR) is 190 cm³/mol. The number of rotatable bonds is 12. The zero-order valence-corrected chi connectivity index (χ0v) is 29.6. The minimum Gasteiger partial charge on any atom is -0.404 e. The fourth-order valence-corrected chi connectivity index (χ4v) is 6.10. The van der Waals surface area contributed by atoms with Crippen molar-refractivity contribution in [3.63, 3.8) is 0 Å². The van der Waals surface area contributed by atoms with Gasteiger partial charge >= 0.3 is 7.82 Å². The summed E-state index contributed by atoms with van der Waals surface area (Å²) < 4.78 is 15.6. The third-order valence-corrected chi connectivity index (χ3v) is 8.57. The molecule has 15 heteroatoms. The Kier molecular flexibility index (Phi) is 12.2. The van der Waals surface area contributed by atoms with Crippen LogP contribution in [0.1, 0.15) is 55.6 Å². The van der Waals surface area contributed by atoms with E-state index in [0.29, 0.717) is 11.3 Å². The molecule has 1 fully saturated rings. The SMILES string of the molecule is CC(=O)N[C@H]1C[C@@H](C(=O)N(Cc2ccccc2)c2ccc(C(N)=O)cc2)N(C(=O)[C@@H](NC(=O)/C=C/c2ccc(OP(=O)(O)O)cc2)C(C)(C)C)C1. The molecule has 6 N–H and O–H groups in total. The number of carbonyl (C=O) groups excluding carboxylic acids is 5. The van der Waals surface area contributed by atoms with Crippen molar-refractivity contribution in [3.8, 4) is 5.75 Å². The standard InChI is InChI=1S/C36H42N5O9P/c1-23(42)38-27-20-30(34(45)40(21-25-8-6-5-7-9-25)28-15-13-26(14-16-28)33(37)44)41(22-27)35(46)32(36(2,3)4)39-31(43)19-12-24-10-17-29(18-11-24)50-51(47,48)49/h5-19,27,30,32H,20-22H2,1-4H3,(H2,37,44)(H,38,42)(H,39,43)(H2,47,48,49)/b19-12+/t27-,30-,32+/m0/s1. The van der Waals surface area contributed by atoms with Crippen molar-refractivity contribution in [2.24, 2.45) is 11.1 Å². The Bertz CT molecular complexity index is 1820. The van der Waals surface area contributed by atoms with Crippen molar-refractivity contribution in [1.29, 1.82) is 0 Å². The molecular formula is C36H42N5O9P. The lowest BCUT2D eigenvalue weighted by Gasteiger charge is -2.36. The highest BCUT2D eigenvalue weighted by atomic mass is 31.2. The van der Waals surface area contributed by atoms with E-state index in [1.54, 1.807) is 32.9 Å². The molecule has 14 nitrogen and oxygen atoms in total. The largest absolute Gasteiger partial charge is 0.524 e. The number of likely N-dealkylation sites (tertiary alicyclic amines) is 1. The molecular weight excluding hydrogens is 677 g/mol. The van der Waals surface area contributed by atoms with Gasteiger partial charge in [0.1, 0.15) is 17.8 Å². The van der Waals surface area contributed by atoms with Gasteiger partial charge in [0.15, 0.2) is 0 Å². The zero-order valence-electron chi connectivity index (χ0n) is 28.7. The van der Waals surface area contributed by atoms with Gasteiger partial charge in [-0.25, -0.2) is 4.57 Å². The van der Waals surface area contributed by atoms with Crippen molar-refractivity contribution in [1.82, 2.24) is 15.5 Å². The van der Waals surface area contributed by atoms with E-state index in [9.17, 15) is 28.5 Å². The van der Waals surface area contributed by atoms with E-state index in [4.69, 9.17) is 15.5 Å². The molecule has 0 spiro atoms. The van der Waals surface area contributed by atoms with Gasteiger partial charge in [-0.2, -0.15) is 0 Å². The lowest BCUT2D eigenvalue weighted by Crippen LogP contribution is -2.58. The molecule has 0 radical (unpaired) electrons. The van der Waals surface area contributed by atoms with Crippen molar-refractivity contribution in [2.75, 3.05) is 11.4 Å². The molecule has 1 aliphatic heterocycles. The van der Waals surface area contributed by atoms with Gasteiger partial charge in [-0.1, -0.05) is 63.2 Å². The van der Waals surface area contributed by atoms with Crippen LogP contribution in [0.2, 0.25) is 0 Å². The van der Waals surface area contributed by atoms with Crippen LogP contribution in [-0.4, -0.2) is 68.9 Å². The first-order chi connectivity index (χ1) is 23.9. The lowest BCUT2D eigenvalue weighted by molar-refractivity contribution is -0.142. The first-order valence-electron chi connectivity index (χ1n) is 16.1.